The molecule has 1 N–H and O–H groups in total. The van der Waals surface area contributed by atoms with Crippen molar-refractivity contribution in [2.24, 2.45) is 5.92 Å². The van der Waals surface area contributed by atoms with Crippen LogP contribution in [0.15, 0.2) is 48.8 Å². The zero-order valence-corrected chi connectivity index (χ0v) is 16.1. The fourth-order valence-corrected chi connectivity index (χ4v) is 3.86. The van der Waals surface area contributed by atoms with Crippen LogP contribution in [0, 0.1) is 17.2 Å². The van der Waals surface area contributed by atoms with E-state index in [2.05, 4.69) is 21.4 Å². The van der Waals surface area contributed by atoms with E-state index in [9.17, 15) is 4.79 Å². The van der Waals surface area contributed by atoms with Crippen LogP contribution in [0.1, 0.15) is 42.9 Å². The number of amides is 1. The number of hydrogen-bond acceptors (Lipinski definition) is 4. The standard InChI is InChI=1S/C22H19ClN4O/c1-13(5-6-24)16-8-14-10-21(26-12-15(14)9-19(16)23)27-22(28)18-11-17(18)20-4-2-3-7-25-20/h2-4,7-10,12-13,17-18H,5,11H2,1H3,(H,26,27,28)/t13-,17-,18-/m1/s1. The predicted octanol–water partition coefficient (Wildman–Crippen LogP) is 5.04. The Morgan fingerprint density at radius 3 is 2.93 bits per heavy atom. The lowest BCUT2D eigenvalue weighted by atomic mass is 9.96. The average molecular weight is 391 g/mol. The monoisotopic (exact) mass is 390 g/mol. The molecule has 5 nitrogen and oxygen atoms in total. The summed E-state index contributed by atoms with van der Waals surface area (Å²) in [6.07, 6.45) is 4.67. The normalized spacial score (nSPS) is 19.0. The Bertz CT molecular complexity index is 1080. The molecule has 0 bridgehead atoms. The molecule has 0 spiro atoms. The number of pyridine rings is 2. The minimum absolute atomic E-state index is 0.0328. The molecular weight excluding hydrogens is 372 g/mol. The summed E-state index contributed by atoms with van der Waals surface area (Å²) in [6.45, 7) is 1.98. The van der Waals surface area contributed by atoms with Crippen molar-refractivity contribution in [3.8, 4) is 6.07 Å². The Kier molecular flexibility index (Phi) is 4.97. The molecule has 140 valence electrons. The van der Waals surface area contributed by atoms with Gasteiger partial charge in [-0.15, -0.1) is 0 Å². The van der Waals surface area contributed by atoms with Crippen molar-refractivity contribution in [2.75, 3.05) is 5.32 Å². The molecule has 1 fully saturated rings. The minimum Gasteiger partial charge on any atom is -0.310 e. The molecule has 1 amide bonds. The highest BCUT2D eigenvalue weighted by Crippen LogP contribution is 2.47. The molecule has 3 atom stereocenters. The van der Waals surface area contributed by atoms with Gasteiger partial charge in [0.1, 0.15) is 5.82 Å². The quantitative estimate of drug-likeness (QED) is 0.661. The smallest absolute Gasteiger partial charge is 0.229 e. The van der Waals surface area contributed by atoms with E-state index in [1.807, 2.05) is 43.3 Å². The van der Waals surface area contributed by atoms with Gasteiger partial charge in [0.25, 0.3) is 0 Å². The molecule has 0 aliphatic heterocycles. The van der Waals surface area contributed by atoms with Gasteiger partial charge in [0, 0.05) is 46.8 Å². The summed E-state index contributed by atoms with van der Waals surface area (Å²) in [5.41, 5.74) is 1.89. The van der Waals surface area contributed by atoms with Crippen molar-refractivity contribution in [1.29, 1.82) is 5.26 Å². The van der Waals surface area contributed by atoms with Crippen molar-refractivity contribution in [2.45, 2.75) is 31.6 Å². The number of fused-ring (bicyclic) bond motifs is 1. The molecule has 28 heavy (non-hydrogen) atoms. The Morgan fingerprint density at radius 2 is 2.18 bits per heavy atom. The first-order chi connectivity index (χ1) is 13.6. The van der Waals surface area contributed by atoms with Crippen LogP contribution in [-0.4, -0.2) is 15.9 Å². The van der Waals surface area contributed by atoms with Crippen molar-refractivity contribution >= 4 is 34.1 Å². The van der Waals surface area contributed by atoms with Crippen LogP contribution in [0.2, 0.25) is 5.02 Å². The summed E-state index contributed by atoms with van der Waals surface area (Å²) in [6, 6.07) is 13.6. The van der Waals surface area contributed by atoms with Crippen LogP contribution in [-0.2, 0) is 4.79 Å². The number of nitrogens with one attached hydrogen (secondary N) is 1. The van der Waals surface area contributed by atoms with Gasteiger partial charge in [0.2, 0.25) is 5.91 Å². The van der Waals surface area contributed by atoms with Gasteiger partial charge in [0.05, 0.1) is 6.07 Å². The first kappa shape index (κ1) is 18.4. The summed E-state index contributed by atoms with van der Waals surface area (Å²) in [5.74, 6) is 0.640. The third kappa shape index (κ3) is 3.69. The number of hydrogen-bond donors (Lipinski definition) is 1. The van der Waals surface area contributed by atoms with Gasteiger partial charge in [-0.2, -0.15) is 5.26 Å². The highest BCUT2D eigenvalue weighted by atomic mass is 35.5. The van der Waals surface area contributed by atoms with Crippen LogP contribution < -0.4 is 5.32 Å². The van der Waals surface area contributed by atoms with Gasteiger partial charge in [-0.3, -0.25) is 9.78 Å². The van der Waals surface area contributed by atoms with Crippen molar-refractivity contribution in [3.05, 3.63) is 65.1 Å². The molecular formula is C22H19ClN4O. The van der Waals surface area contributed by atoms with E-state index in [0.717, 1.165) is 28.5 Å². The second-order valence-electron chi connectivity index (χ2n) is 7.25. The summed E-state index contributed by atoms with van der Waals surface area (Å²) >= 11 is 6.37. The van der Waals surface area contributed by atoms with Crippen LogP contribution in [0.5, 0.6) is 0 Å². The first-order valence-electron chi connectivity index (χ1n) is 9.24. The lowest BCUT2D eigenvalue weighted by molar-refractivity contribution is -0.117. The fraction of sp³-hybridized carbons (Fsp3) is 0.273. The molecule has 0 radical (unpaired) electrons. The second kappa shape index (κ2) is 7.57. The lowest BCUT2D eigenvalue weighted by Crippen LogP contribution is -2.15. The molecule has 2 heterocycles. The molecule has 3 aromatic rings. The van der Waals surface area contributed by atoms with Crippen molar-refractivity contribution < 1.29 is 4.79 Å². The number of nitriles is 1. The third-order valence-corrected chi connectivity index (χ3v) is 5.54. The minimum atomic E-state index is -0.0659. The van der Waals surface area contributed by atoms with E-state index in [4.69, 9.17) is 16.9 Å². The molecule has 2 aromatic heterocycles. The number of halogens is 1. The number of rotatable bonds is 5. The highest BCUT2D eigenvalue weighted by molar-refractivity contribution is 6.32. The highest BCUT2D eigenvalue weighted by Gasteiger charge is 2.44. The van der Waals surface area contributed by atoms with Gasteiger partial charge in [-0.25, -0.2) is 4.98 Å². The Morgan fingerprint density at radius 1 is 1.32 bits per heavy atom. The van der Waals surface area contributed by atoms with E-state index < -0.39 is 0 Å². The van der Waals surface area contributed by atoms with Gasteiger partial charge in [-0.05, 0) is 53.6 Å². The summed E-state index contributed by atoms with van der Waals surface area (Å²) in [7, 11) is 0. The van der Waals surface area contributed by atoms with Gasteiger partial charge >= 0.3 is 0 Å². The van der Waals surface area contributed by atoms with E-state index in [1.165, 1.54) is 0 Å². The molecule has 1 aromatic carbocycles. The topological polar surface area (TPSA) is 78.7 Å². The third-order valence-electron chi connectivity index (χ3n) is 5.21. The van der Waals surface area contributed by atoms with Crippen LogP contribution in [0.25, 0.3) is 10.8 Å². The van der Waals surface area contributed by atoms with Crippen molar-refractivity contribution in [3.63, 3.8) is 0 Å². The molecule has 6 heteroatoms. The molecule has 0 saturated heterocycles. The SMILES string of the molecule is C[C@H](CC#N)c1cc2cc(NC(=O)[C@@H]3C[C@H]3c3ccccn3)ncc2cc1Cl. The molecule has 0 unspecified atom stereocenters. The molecule has 1 saturated carbocycles. The molecule has 1 aliphatic carbocycles. The summed E-state index contributed by atoms with van der Waals surface area (Å²) in [4.78, 5) is 21.3. The van der Waals surface area contributed by atoms with Gasteiger partial charge in [-0.1, -0.05) is 24.6 Å². The van der Waals surface area contributed by atoms with E-state index in [-0.39, 0.29) is 23.7 Å². The number of aromatic nitrogens is 2. The molecule has 4 rings (SSSR count). The fourth-order valence-electron chi connectivity index (χ4n) is 3.50. The second-order valence-corrected chi connectivity index (χ2v) is 7.65. The maximum absolute atomic E-state index is 12.6. The van der Waals surface area contributed by atoms with E-state index in [1.54, 1.807) is 12.4 Å². The number of nitrogens with zero attached hydrogens (tertiary/aromatic N) is 3. The van der Waals surface area contributed by atoms with E-state index in [0.29, 0.717) is 17.3 Å². The summed E-state index contributed by atoms with van der Waals surface area (Å²) in [5, 5.41) is 14.3. The Labute approximate surface area is 168 Å². The van der Waals surface area contributed by atoms with Crippen molar-refractivity contribution in [1.82, 2.24) is 9.97 Å². The largest absolute Gasteiger partial charge is 0.310 e. The van der Waals surface area contributed by atoms with Gasteiger partial charge in [0.15, 0.2) is 0 Å². The predicted molar refractivity (Wildman–Crippen MR) is 109 cm³/mol. The van der Waals surface area contributed by atoms with Crippen LogP contribution in [0.4, 0.5) is 5.82 Å². The maximum atomic E-state index is 12.6. The van der Waals surface area contributed by atoms with E-state index >= 15 is 0 Å². The van der Waals surface area contributed by atoms with Crippen LogP contribution in [0.3, 0.4) is 0 Å². The number of benzene rings is 1. The Balaban J connectivity index is 1.52. The average Bonchev–Trinajstić information content (AvgIpc) is 3.49. The molecule has 1 aliphatic rings. The number of anilines is 1. The van der Waals surface area contributed by atoms with Crippen LogP contribution >= 0.6 is 11.6 Å². The maximum Gasteiger partial charge on any atom is 0.229 e. The zero-order valence-electron chi connectivity index (χ0n) is 15.4. The first-order valence-corrected chi connectivity index (χ1v) is 9.62. The zero-order chi connectivity index (χ0) is 19.7. The summed E-state index contributed by atoms with van der Waals surface area (Å²) < 4.78 is 0. The Hall–Kier alpha value is -2.97. The lowest BCUT2D eigenvalue weighted by Gasteiger charge is -2.12. The number of carbonyl (C=O) groups excluding carboxylic acids is 1. The number of carbonyl (C=O) groups is 1. The van der Waals surface area contributed by atoms with Gasteiger partial charge < -0.3 is 5.32 Å².